The highest BCUT2D eigenvalue weighted by Gasteiger charge is 2.35. The molecule has 0 aliphatic heterocycles. The molecule has 2 aromatic rings. The van der Waals surface area contributed by atoms with Gasteiger partial charge in [-0.15, -0.1) is 0 Å². The second-order valence-corrected chi connectivity index (χ2v) is 8.12. The third-order valence-electron chi connectivity index (χ3n) is 4.50. The van der Waals surface area contributed by atoms with Gasteiger partial charge in [0.25, 0.3) is 0 Å². The van der Waals surface area contributed by atoms with Crippen LogP contribution in [0, 0.1) is 5.41 Å². The average Bonchev–Trinajstić information content (AvgIpc) is 2.62. The Labute approximate surface area is 172 Å². The van der Waals surface area contributed by atoms with Crippen molar-refractivity contribution in [2.45, 2.75) is 33.3 Å². The van der Waals surface area contributed by atoms with Gasteiger partial charge in [0.05, 0.1) is 0 Å². The summed E-state index contributed by atoms with van der Waals surface area (Å²) in [6, 6.07) is 11.4. The second-order valence-electron chi connectivity index (χ2n) is 7.21. The Balaban J connectivity index is 2.25. The molecule has 0 saturated heterocycles. The first-order chi connectivity index (χ1) is 13.1. The summed E-state index contributed by atoms with van der Waals surface area (Å²) < 4.78 is 6.39. The quantitative estimate of drug-likeness (QED) is 0.513. The predicted molar refractivity (Wildman–Crippen MR) is 111 cm³/mol. The molecule has 0 aliphatic rings. The number of ketones is 1. The molecule has 0 aliphatic carbocycles. The van der Waals surface area contributed by atoms with Crippen LogP contribution in [0.3, 0.4) is 0 Å². The lowest BCUT2D eigenvalue weighted by molar-refractivity contribution is 0.0138. The largest absolute Gasteiger partial charge is 0.508 e. The van der Waals surface area contributed by atoms with Crippen molar-refractivity contribution in [1.29, 1.82) is 0 Å². The van der Waals surface area contributed by atoms with E-state index in [1.54, 1.807) is 36.4 Å². The fourth-order valence-corrected chi connectivity index (χ4v) is 3.22. The van der Waals surface area contributed by atoms with E-state index in [1.807, 2.05) is 13.8 Å². The Morgan fingerprint density at radius 1 is 1.18 bits per heavy atom. The number of amides is 1. The van der Waals surface area contributed by atoms with E-state index in [2.05, 4.69) is 21.2 Å². The molecular weight excluding hydrogens is 426 g/mol. The molecule has 1 amide bonds. The number of phenolic OH excluding ortho intramolecular Hbond substituents is 1. The van der Waals surface area contributed by atoms with Crippen molar-refractivity contribution >= 4 is 33.5 Å². The van der Waals surface area contributed by atoms with Crippen LogP contribution in [0.25, 0.3) is 0 Å². The number of Topliss-reactive ketones (excluding diaryl/α,β-unsaturated/α-hetero) is 1. The summed E-state index contributed by atoms with van der Waals surface area (Å²) in [5.74, 6) is -0.0668. The standard InChI is InChI=1S/C21H24BrNO5/c1-13(25)14-4-7-16(8-5-14)23-20(27)28-19(21(2,3)10-11-24)17-12-15(22)6-9-18(17)26/h4-9,12,19,24,26H,10-11H2,1-3H3,(H,23,27)/t19-/m0/s1. The zero-order valence-electron chi connectivity index (χ0n) is 16.0. The maximum atomic E-state index is 12.5. The van der Waals surface area contributed by atoms with Crippen LogP contribution in [0.5, 0.6) is 5.75 Å². The van der Waals surface area contributed by atoms with E-state index in [9.17, 15) is 19.8 Å². The molecule has 3 N–H and O–H groups in total. The summed E-state index contributed by atoms with van der Waals surface area (Å²) in [5, 5.41) is 22.3. The third kappa shape index (κ3) is 5.56. The zero-order valence-corrected chi connectivity index (χ0v) is 17.6. The van der Waals surface area contributed by atoms with Crippen molar-refractivity contribution in [1.82, 2.24) is 0 Å². The van der Waals surface area contributed by atoms with Crippen molar-refractivity contribution in [2.24, 2.45) is 5.41 Å². The summed E-state index contributed by atoms with van der Waals surface area (Å²) in [7, 11) is 0. The lowest BCUT2D eigenvalue weighted by atomic mass is 9.79. The van der Waals surface area contributed by atoms with Crippen LogP contribution in [0.1, 0.15) is 49.2 Å². The molecule has 2 aromatic carbocycles. The normalized spacial score (nSPS) is 12.3. The number of anilines is 1. The molecular formula is C21H24BrNO5. The average molecular weight is 450 g/mol. The SMILES string of the molecule is CC(=O)c1ccc(NC(=O)O[C@@H](c2cc(Br)ccc2O)C(C)(C)CCO)cc1. The van der Waals surface area contributed by atoms with Gasteiger partial charge in [0.1, 0.15) is 11.9 Å². The summed E-state index contributed by atoms with van der Waals surface area (Å²) in [6.07, 6.45) is -1.14. The molecule has 7 heteroatoms. The number of benzene rings is 2. The number of aliphatic hydroxyl groups excluding tert-OH is 1. The minimum atomic E-state index is -0.798. The number of phenols is 1. The summed E-state index contributed by atoms with van der Waals surface area (Å²) >= 11 is 3.36. The van der Waals surface area contributed by atoms with E-state index in [-0.39, 0.29) is 18.1 Å². The Morgan fingerprint density at radius 2 is 1.82 bits per heavy atom. The molecule has 0 unspecified atom stereocenters. The first kappa shape index (κ1) is 21.9. The van der Waals surface area contributed by atoms with Crippen LogP contribution < -0.4 is 5.32 Å². The molecule has 2 rings (SSSR count). The molecule has 0 saturated carbocycles. The monoisotopic (exact) mass is 449 g/mol. The molecule has 0 fully saturated rings. The second kappa shape index (κ2) is 9.21. The maximum absolute atomic E-state index is 12.5. The first-order valence-corrected chi connectivity index (χ1v) is 9.61. The lowest BCUT2D eigenvalue weighted by Gasteiger charge is -2.34. The van der Waals surface area contributed by atoms with Crippen LogP contribution in [-0.4, -0.2) is 28.7 Å². The van der Waals surface area contributed by atoms with Crippen molar-refractivity contribution in [3.63, 3.8) is 0 Å². The van der Waals surface area contributed by atoms with E-state index >= 15 is 0 Å². The summed E-state index contributed by atoms with van der Waals surface area (Å²) in [4.78, 5) is 23.9. The smallest absolute Gasteiger partial charge is 0.412 e. The number of nitrogens with one attached hydrogen (secondary N) is 1. The number of ether oxygens (including phenoxy) is 1. The molecule has 0 aromatic heterocycles. The topological polar surface area (TPSA) is 95.9 Å². The van der Waals surface area contributed by atoms with Gasteiger partial charge in [-0.25, -0.2) is 4.79 Å². The number of aromatic hydroxyl groups is 1. The van der Waals surface area contributed by atoms with Gasteiger partial charge in [-0.2, -0.15) is 0 Å². The summed E-state index contributed by atoms with van der Waals surface area (Å²) in [5.41, 5.74) is 0.824. The van der Waals surface area contributed by atoms with Crippen LogP contribution in [0.4, 0.5) is 10.5 Å². The first-order valence-electron chi connectivity index (χ1n) is 8.82. The van der Waals surface area contributed by atoms with Crippen molar-refractivity contribution in [3.05, 3.63) is 58.1 Å². The molecule has 28 heavy (non-hydrogen) atoms. The highest BCUT2D eigenvalue weighted by atomic mass is 79.9. The van der Waals surface area contributed by atoms with E-state index in [0.717, 1.165) is 4.47 Å². The van der Waals surface area contributed by atoms with Crippen molar-refractivity contribution in [2.75, 3.05) is 11.9 Å². The number of carbonyl (C=O) groups is 2. The van der Waals surface area contributed by atoms with E-state index in [4.69, 9.17) is 4.74 Å². The van der Waals surface area contributed by atoms with Gasteiger partial charge < -0.3 is 14.9 Å². The number of aliphatic hydroxyl groups is 1. The number of hydrogen-bond acceptors (Lipinski definition) is 5. The van der Waals surface area contributed by atoms with E-state index in [1.165, 1.54) is 13.0 Å². The minimum Gasteiger partial charge on any atom is -0.508 e. The third-order valence-corrected chi connectivity index (χ3v) is 4.99. The van der Waals surface area contributed by atoms with Crippen LogP contribution in [0.15, 0.2) is 46.9 Å². The zero-order chi connectivity index (χ0) is 20.9. The number of rotatable bonds is 7. The van der Waals surface area contributed by atoms with Gasteiger partial charge in [-0.3, -0.25) is 10.1 Å². The van der Waals surface area contributed by atoms with Gasteiger partial charge in [-0.05, 0) is 55.8 Å². The van der Waals surface area contributed by atoms with Crippen LogP contribution in [-0.2, 0) is 4.74 Å². The minimum absolute atomic E-state index is 0.00201. The predicted octanol–water partition coefficient (Wildman–Crippen LogP) is 5.06. The molecule has 150 valence electrons. The highest BCUT2D eigenvalue weighted by molar-refractivity contribution is 9.10. The maximum Gasteiger partial charge on any atom is 0.412 e. The Kier molecular flexibility index (Phi) is 7.21. The van der Waals surface area contributed by atoms with E-state index in [0.29, 0.717) is 23.2 Å². The van der Waals surface area contributed by atoms with Gasteiger partial charge in [0, 0.05) is 33.3 Å². The van der Waals surface area contributed by atoms with Crippen molar-refractivity contribution in [3.8, 4) is 5.75 Å². The summed E-state index contributed by atoms with van der Waals surface area (Å²) in [6.45, 7) is 5.08. The van der Waals surface area contributed by atoms with Gasteiger partial charge in [0.2, 0.25) is 0 Å². The van der Waals surface area contributed by atoms with Gasteiger partial charge >= 0.3 is 6.09 Å². The molecule has 0 heterocycles. The van der Waals surface area contributed by atoms with E-state index < -0.39 is 17.6 Å². The molecule has 1 atom stereocenters. The molecule has 0 bridgehead atoms. The van der Waals surface area contributed by atoms with Crippen LogP contribution in [0.2, 0.25) is 0 Å². The van der Waals surface area contributed by atoms with Gasteiger partial charge in [-0.1, -0.05) is 29.8 Å². The van der Waals surface area contributed by atoms with Gasteiger partial charge in [0.15, 0.2) is 5.78 Å². The number of halogens is 1. The fourth-order valence-electron chi connectivity index (χ4n) is 2.84. The Bertz CT molecular complexity index is 848. The molecule has 0 spiro atoms. The van der Waals surface area contributed by atoms with Crippen molar-refractivity contribution < 1.29 is 24.5 Å². The Morgan fingerprint density at radius 3 is 2.39 bits per heavy atom. The molecule has 6 nitrogen and oxygen atoms in total. The lowest BCUT2D eigenvalue weighted by Crippen LogP contribution is -2.30. The highest BCUT2D eigenvalue weighted by Crippen LogP contribution is 2.43. The Hall–Kier alpha value is -2.38. The fraction of sp³-hybridized carbons (Fsp3) is 0.333. The molecule has 0 radical (unpaired) electrons. The van der Waals surface area contributed by atoms with Crippen LogP contribution >= 0.6 is 15.9 Å². The number of hydrogen-bond donors (Lipinski definition) is 3. The number of carbonyl (C=O) groups excluding carboxylic acids is 2.